The SMILES string of the molecule is O=C(Cc1ccc(-c2ccc(-c3ccccc3)cc2)cc1)c1ccc(-c2ccc(-c3ccccc3)cc2)cc1. The van der Waals surface area contributed by atoms with E-state index in [9.17, 15) is 4.79 Å². The molecule has 0 heterocycles. The van der Waals surface area contributed by atoms with Crippen molar-refractivity contribution in [1.82, 2.24) is 0 Å². The van der Waals surface area contributed by atoms with Crippen LogP contribution in [-0.4, -0.2) is 5.78 Å². The third-order valence-electron chi connectivity index (χ3n) is 7.18. The van der Waals surface area contributed by atoms with Gasteiger partial charge in [0, 0.05) is 12.0 Å². The molecule has 0 amide bonds. The van der Waals surface area contributed by atoms with Gasteiger partial charge >= 0.3 is 0 Å². The van der Waals surface area contributed by atoms with E-state index in [1.54, 1.807) is 0 Å². The molecule has 186 valence electrons. The van der Waals surface area contributed by atoms with Crippen molar-refractivity contribution in [3.63, 3.8) is 0 Å². The summed E-state index contributed by atoms with van der Waals surface area (Å²) in [7, 11) is 0. The highest BCUT2D eigenvalue weighted by atomic mass is 16.1. The van der Waals surface area contributed by atoms with Crippen molar-refractivity contribution in [2.24, 2.45) is 0 Å². The standard InChI is InChI=1S/C38H28O/c39-38(37-25-23-36(24-26-37)35-21-17-33(18-22-35)30-9-5-2-6-10-30)27-28-11-13-31(14-12-28)34-19-15-32(16-20-34)29-7-3-1-4-8-29/h1-26H,27H2. The summed E-state index contributed by atoms with van der Waals surface area (Å²) in [5.74, 6) is 0.126. The number of carbonyl (C=O) groups excluding carboxylic acids is 1. The lowest BCUT2D eigenvalue weighted by Crippen LogP contribution is -2.03. The predicted molar refractivity (Wildman–Crippen MR) is 163 cm³/mol. The number of benzene rings is 6. The highest BCUT2D eigenvalue weighted by Gasteiger charge is 2.09. The molecule has 0 aromatic heterocycles. The van der Waals surface area contributed by atoms with E-state index < -0.39 is 0 Å². The van der Waals surface area contributed by atoms with Gasteiger partial charge in [0.25, 0.3) is 0 Å². The molecular formula is C38H28O. The molecule has 39 heavy (non-hydrogen) atoms. The molecule has 1 heteroatoms. The minimum Gasteiger partial charge on any atom is -0.294 e. The lowest BCUT2D eigenvalue weighted by molar-refractivity contribution is 0.0993. The van der Waals surface area contributed by atoms with Gasteiger partial charge in [0.1, 0.15) is 0 Å². The van der Waals surface area contributed by atoms with Crippen LogP contribution in [0, 0.1) is 0 Å². The summed E-state index contributed by atoms with van der Waals surface area (Å²) in [6.07, 6.45) is 0.387. The van der Waals surface area contributed by atoms with E-state index in [-0.39, 0.29) is 5.78 Å². The lowest BCUT2D eigenvalue weighted by Gasteiger charge is -2.08. The average molecular weight is 501 g/mol. The molecule has 6 rings (SSSR count). The Kier molecular flexibility index (Phi) is 6.97. The number of ketones is 1. The highest BCUT2D eigenvalue weighted by molar-refractivity contribution is 5.98. The first kappa shape index (κ1) is 24.3. The molecule has 0 N–H and O–H groups in total. The van der Waals surface area contributed by atoms with Crippen molar-refractivity contribution < 1.29 is 4.79 Å². The number of rotatable bonds is 7. The van der Waals surface area contributed by atoms with Crippen molar-refractivity contribution in [1.29, 1.82) is 0 Å². The zero-order valence-corrected chi connectivity index (χ0v) is 21.6. The molecule has 0 saturated heterocycles. The maximum atomic E-state index is 13.0. The summed E-state index contributed by atoms with van der Waals surface area (Å²) in [5, 5.41) is 0. The molecular weight excluding hydrogens is 472 g/mol. The van der Waals surface area contributed by atoms with Gasteiger partial charge in [-0.1, -0.05) is 158 Å². The van der Waals surface area contributed by atoms with Gasteiger partial charge < -0.3 is 0 Å². The lowest BCUT2D eigenvalue weighted by atomic mass is 9.96. The van der Waals surface area contributed by atoms with Crippen molar-refractivity contribution in [3.8, 4) is 44.5 Å². The Morgan fingerprint density at radius 1 is 0.333 bits per heavy atom. The van der Waals surface area contributed by atoms with Gasteiger partial charge in [-0.25, -0.2) is 0 Å². The first-order chi connectivity index (χ1) is 19.2. The molecule has 0 aliphatic carbocycles. The molecule has 0 fully saturated rings. The Labute approximate surface area is 230 Å². The molecule has 0 radical (unpaired) electrons. The van der Waals surface area contributed by atoms with Crippen LogP contribution in [0.15, 0.2) is 158 Å². The molecule has 6 aromatic carbocycles. The van der Waals surface area contributed by atoms with E-state index >= 15 is 0 Å². The first-order valence-corrected chi connectivity index (χ1v) is 13.3. The van der Waals surface area contributed by atoms with Crippen LogP contribution in [0.1, 0.15) is 15.9 Å². The third kappa shape index (κ3) is 5.63. The smallest absolute Gasteiger partial charge is 0.167 e. The topological polar surface area (TPSA) is 17.1 Å². The summed E-state index contributed by atoms with van der Waals surface area (Å²) in [5.41, 5.74) is 11.1. The van der Waals surface area contributed by atoms with E-state index in [4.69, 9.17) is 0 Å². The monoisotopic (exact) mass is 500 g/mol. The normalized spacial score (nSPS) is 10.8. The van der Waals surface area contributed by atoms with Crippen LogP contribution in [0.3, 0.4) is 0 Å². The van der Waals surface area contributed by atoms with Gasteiger partial charge in [-0.3, -0.25) is 4.79 Å². The molecule has 0 bridgehead atoms. The number of hydrogen-bond donors (Lipinski definition) is 0. The van der Waals surface area contributed by atoms with Crippen molar-refractivity contribution in [3.05, 3.63) is 169 Å². The summed E-state index contributed by atoms with van der Waals surface area (Å²) < 4.78 is 0. The fourth-order valence-corrected chi connectivity index (χ4v) is 4.92. The van der Waals surface area contributed by atoms with Gasteiger partial charge in [-0.05, 0) is 50.1 Å². The van der Waals surface area contributed by atoms with Crippen molar-refractivity contribution in [2.75, 3.05) is 0 Å². The second kappa shape index (κ2) is 11.2. The quantitative estimate of drug-likeness (QED) is 0.199. The third-order valence-corrected chi connectivity index (χ3v) is 7.18. The number of Topliss-reactive ketones (excluding diaryl/α,β-unsaturated/α-hetero) is 1. The minimum atomic E-state index is 0.126. The molecule has 6 aromatic rings. The highest BCUT2D eigenvalue weighted by Crippen LogP contribution is 2.27. The maximum Gasteiger partial charge on any atom is 0.167 e. The first-order valence-electron chi connectivity index (χ1n) is 13.3. The molecule has 0 unspecified atom stereocenters. The molecule has 0 atom stereocenters. The largest absolute Gasteiger partial charge is 0.294 e. The predicted octanol–water partition coefficient (Wildman–Crippen LogP) is 9.78. The molecule has 0 aliphatic rings. The van der Waals surface area contributed by atoms with Crippen LogP contribution >= 0.6 is 0 Å². The fourth-order valence-electron chi connectivity index (χ4n) is 4.92. The van der Waals surface area contributed by atoms with Crippen LogP contribution < -0.4 is 0 Å². The Balaban J connectivity index is 1.10. The summed E-state index contributed by atoms with van der Waals surface area (Å²) in [6, 6.07) is 54.2. The minimum absolute atomic E-state index is 0.126. The Morgan fingerprint density at radius 2 is 0.615 bits per heavy atom. The van der Waals surface area contributed by atoms with Crippen LogP contribution in [0.2, 0.25) is 0 Å². The zero-order valence-electron chi connectivity index (χ0n) is 21.6. The van der Waals surface area contributed by atoms with Crippen molar-refractivity contribution in [2.45, 2.75) is 6.42 Å². The van der Waals surface area contributed by atoms with Gasteiger partial charge in [0.05, 0.1) is 0 Å². The van der Waals surface area contributed by atoms with Crippen LogP contribution in [-0.2, 0) is 6.42 Å². The van der Waals surface area contributed by atoms with E-state index in [0.29, 0.717) is 6.42 Å². The van der Waals surface area contributed by atoms with E-state index in [1.165, 1.54) is 27.8 Å². The van der Waals surface area contributed by atoms with Gasteiger partial charge in [0.15, 0.2) is 5.78 Å². The van der Waals surface area contributed by atoms with Gasteiger partial charge in [0.2, 0.25) is 0 Å². The van der Waals surface area contributed by atoms with Crippen LogP contribution in [0.5, 0.6) is 0 Å². The molecule has 0 spiro atoms. The number of carbonyl (C=O) groups is 1. The fraction of sp³-hybridized carbons (Fsp3) is 0.0263. The summed E-state index contributed by atoms with van der Waals surface area (Å²) >= 11 is 0. The number of hydrogen-bond acceptors (Lipinski definition) is 1. The van der Waals surface area contributed by atoms with Crippen molar-refractivity contribution >= 4 is 5.78 Å². The molecule has 1 nitrogen and oxygen atoms in total. The summed E-state index contributed by atoms with van der Waals surface area (Å²) in [4.78, 5) is 13.0. The van der Waals surface area contributed by atoms with Gasteiger partial charge in [-0.2, -0.15) is 0 Å². The van der Waals surface area contributed by atoms with E-state index in [2.05, 4.69) is 121 Å². The Hall–Kier alpha value is -5.01. The van der Waals surface area contributed by atoms with E-state index in [0.717, 1.165) is 27.8 Å². The summed E-state index contributed by atoms with van der Waals surface area (Å²) in [6.45, 7) is 0. The van der Waals surface area contributed by atoms with E-state index in [1.807, 2.05) is 36.4 Å². The Bertz CT molecular complexity index is 1660. The molecule has 0 saturated carbocycles. The van der Waals surface area contributed by atoms with Crippen LogP contribution in [0.4, 0.5) is 0 Å². The zero-order chi connectivity index (χ0) is 26.4. The van der Waals surface area contributed by atoms with Gasteiger partial charge in [-0.15, -0.1) is 0 Å². The second-order valence-electron chi connectivity index (χ2n) is 9.76. The Morgan fingerprint density at radius 3 is 0.974 bits per heavy atom. The average Bonchev–Trinajstić information content (AvgIpc) is 3.02. The molecule has 0 aliphatic heterocycles. The second-order valence-corrected chi connectivity index (χ2v) is 9.76. The maximum absolute atomic E-state index is 13.0. The van der Waals surface area contributed by atoms with Crippen LogP contribution in [0.25, 0.3) is 44.5 Å².